The molecule has 3 amide bonds. The molecule has 0 radical (unpaired) electrons. The van der Waals surface area contributed by atoms with Crippen LogP contribution in [-0.4, -0.2) is 27.5 Å². The maximum absolute atomic E-state index is 13.4. The summed E-state index contributed by atoms with van der Waals surface area (Å²) in [6.07, 6.45) is 1.55. The molecule has 0 spiro atoms. The second kappa shape index (κ2) is 7.59. The monoisotopic (exact) mass is 426 g/mol. The zero-order valence-corrected chi connectivity index (χ0v) is 16.5. The number of anilines is 2. The van der Waals surface area contributed by atoms with E-state index in [1.165, 1.54) is 22.9 Å². The van der Waals surface area contributed by atoms with Gasteiger partial charge in [-0.1, -0.05) is 24.3 Å². The Hall–Kier alpha value is -4.59. The van der Waals surface area contributed by atoms with E-state index in [0.717, 1.165) is 4.90 Å². The van der Waals surface area contributed by atoms with Crippen molar-refractivity contribution in [3.05, 3.63) is 108 Å². The lowest BCUT2D eigenvalue weighted by Gasteiger charge is -2.15. The van der Waals surface area contributed by atoms with Gasteiger partial charge in [0.15, 0.2) is 5.69 Å². The van der Waals surface area contributed by atoms with E-state index < -0.39 is 23.5 Å². The second-order valence-corrected chi connectivity index (χ2v) is 7.12. The fraction of sp³-hybridized carbons (Fsp3) is 0. The molecule has 1 N–H and O–H groups in total. The number of fused-ring (bicyclic) bond motifs is 1. The van der Waals surface area contributed by atoms with E-state index in [4.69, 9.17) is 0 Å². The Morgan fingerprint density at radius 3 is 2.22 bits per heavy atom. The average molecular weight is 426 g/mol. The Balaban J connectivity index is 1.37. The van der Waals surface area contributed by atoms with Crippen molar-refractivity contribution < 1.29 is 18.8 Å². The van der Waals surface area contributed by atoms with Crippen molar-refractivity contribution in [2.75, 3.05) is 10.2 Å². The van der Waals surface area contributed by atoms with Crippen LogP contribution in [0.5, 0.6) is 0 Å². The van der Waals surface area contributed by atoms with Crippen molar-refractivity contribution in [3.63, 3.8) is 0 Å². The number of hydrogen-bond donors (Lipinski definition) is 1. The molecule has 0 fully saturated rings. The Labute approximate surface area is 181 Å². The molecule has 156 valence electrons. The molecule has 1 aliphatic rings. The van der Waals surface area contributed by atoms with Crippen LogP contribution in [0.25, 0.3) is 5.69 Å². The summed E-state index contributed by atoms with van der Waals surface area (Å²) in [5.74, 6) is -1.72. The molecular formula is C24H15FN4O3. The summed E-state index contributed by atoms with van der Waals surface area (Å²) < 4.78 is 14.8. The predicted molar refractivity (Wildman–Crippen MR) is 115 cm³/mol. The highest BCUT2D eigenvalue weighted by Gasteiger charge is 2.36. The summed E-state index contributed by atoms with van der Waals surface area (Å²) in [5.41, 5.74) is 2.03. The molecule has 0 aliphatic carbocycles. The third kappa shape index (κ3) is 3.33. The lowest BCUT2D eigenvalue weighted by molar-refractivity contribution is 0.0925. The van der Waals surface area contributed by atoms with Crippen LogP contribution in [0.4, 0.5) is 15.8 Å². The first-order valence-electron chi connectivity index (χ1n) is 9.72. The third-order valence-corrected chi connectivity index (χ3v) is 5.05. The van der Waals surface area contributed by atoms with E-state index in [1.807, 2.05) is 0 Å². The second-order valence-electron chi connectivity index (χ2n) is 7.12. The topological polar surface area (TPSA) is 84.3 Å². The third-order valence-electron chi connectivity index (χ3n) is 5.05. The molecule has 0 bridgehead atoms. The summed E-state index contributed by atoms with van der Waals surface area (Å²) in [7, 11) is 0. The van der Waals surface area contributed by atoms with Crippen LogP contribution in [0.3, 0.4) is 0 Å². The Morgan fingerprint density at radius 1 is 0.812 bits per heavy atom. The molecule has 1 aliphatic heterocycles. The summed E-state index contributed by atoms with van der Waals surface area (Å²) in [6.45, 7) is 0. The van der Waals surface area contributed by atoms with E-state index in [-0.39, 0.29) is 5.69 Å². The van der Waals surface area contributed by atoms with Gasteiger partial charge in [0.2, 0.25) is 0 Å². The first-order valence-corrected chi connectivity index (χ1v) is 9.72. The van der Waals surface area contributed by atoms with Crippen molar-refractivity contribution >= 4 is 29.1 Å². The van der Waals surface area contributed by atoms with E-state index >= 15 is 0 Å². The maximum atomic E-state index is 13.4. The molecule has 0 unspecified atom stereocenters. The van der Waals surface area contributed by atoms with Gasteiger partial charge in [0.25, 0.3) is 17.7 Å². The zero-order valence-electron chi connectivity index (χ0n) is 16.5. The highest BCUT2D eigenvalue weighted by atomic mass is 19.1. The smallest absolute Gasteiger partial charge is 0.276 e. The summed E-state index contributed by atoms with van der Waals surface area (Å²) in [6, 6.07) is 20.4. The minimum atomic E-state index is -0.486. The van der Waals surface area contributed by atoms with E-state index in [0.29, 0.717) is 28.2 Å². The molecule has 5 rings (SSSR count). The number of benzene rings is 3. The van der Waals surface area contributed by atoms with Crippen molar-refractivity contribution in [1.82, 2.24) is 9.78 Å². The van der Waals surface area contributed by atoms with Crippen LogP contribution in [0.2, 0.25) is 0 Å². The first-order chi connectivity index (χ1) is 15.5. The number of rotatable bonds is 4. The van der Waals surface area contributed by atoms with Gasteiger partial charge in [-0.2, -0.15) is 5.10 Å². The van der Waals surface area contributed by atoms with Crippen LogP contribution >= 0.6 is 0 Å². The number of aromatic nitrogens is 2. The van der Waals surface area contributed by atoms with Gasteiger partial charge < -0.3 is 5.32 Å². The molecule has 0 atom stereocenters. The molecule has 32 heavy (non-hydrogen) atoms. The largest absolute Gasteiger partial charge is 0.321 e. The fourth-order valence-electron chi connectivity index (χ4n) is 3.55. The van der Waals surface area contributed by atoms with E-state index in [1.54, 1.807) is 66.9 Å². The number of imide groups is 1. The Kier molecular flexibility index (Phi) is 4.59. The minimum absolute atomic E-state index is 0.125. The molecule has 4 aromatic rings. The van der Waals surface area contributed by atoms with Gasteiger partial charge in [-0.3, -0.25) is 14.4 Å². The zero-order chi connectivity index (χ0) is 22.2. The lowest BCUT2D eigenvalue weighted by atomic mass is 10.1. The van der Waals surface area contributed by atoms with Gasteiger partial charge in [0.05, 0.1) is 22.5 Å². The van der Waals surface area contributed by atoms with Gasteiger partial charge in [-0.25, -0.2) is 14.0 Å². The van der Waals surface area contributed by atoms with Crippen molar-refractivity contribution in [2.45, 2.75) is 0 Å². The minimum Gasteiger partial charge on any atom is -0.321 e. The van der Waals surface area contributed by atoms with Gasteiger partial charge in [0, 0.05) is 11.9 Å². The van der Waals surface area contributed by atoms with Crippen LogP contribution in [0.1, 0.15) is 31.2 Å². The number of nitrogens with zero attached hydrogens (tertiary/aromatic N) is 3. The molecule has 0 saturated carbocycles. The molecule has 1 aromatic heterocycles. The maximum Gasteiger partial charge on any atom is 0.276 e. The Morgan fingerprint density at radius 2 is 1.50 bits per heavy atom. The molecule has 8 heteroatoms. The molecule has 0 saturated heterocycles. The average Bonchev–Trinajstić information content (AvgIpc) is 3.38. The molecule has 7 nitrogen and oxygen atoms in total. The summed E-state index contributed by atoms with van der Waals surface area (Å²) in [5, 5.41) is 6.90. The number of nitrogens with one attached hydrogen (secondary N) is 1. The van der Waals surface area contributed by atoms with Crippen molar-refractivity contribution in [1.29, 1.82) is 0 Å². The van der Waals surface area contributed by atoms with Crippen molar-refractivity contribution in [2.24, 2.45) is 0 Å². The van der Waals surface area contributed by atoms with Crippen LogP contribution in [0, 0.1) is 5.82 Å². The number of hydrogen-bond acceptors (Lipinski definition) is 4. The predicted octanol–water partition coefficient (Wildman–Crippen LogP) is 4.06. The van der Waals surface area contributed by atoms with Crippen LogP contribution in [-0.2, 0) is 0 Å². The lowest BCUT2D eigenvalue weighted by Crippen LogP contribution is -2.29. The molecule has 2 heterocycles. The molecule has 3 aromatic carbocycles. The van der Waals surface area contributed by atoms with Gasteiger partial charge in [0.1, 0.15) is 5.82 Å². The fourth-order valence-corrected chi connectivity index (χ4v) is 3.55. The number of carbonyl (C=O) groups is 3. The highest BCUT2D eigenvalue weighted by molar-refractivity contribution is 6.34. The highest BCUT2D eigenvalue weighted by Crippen LogP contribution is 2.29. The van der Waals surface area contributed by atoms with Gasteiger partial charge in [-0.15, -0.1) is 0 Å². The summed E-state index contributed by atoms with van der Waals surface area (Å²) in [4.78, 5) is 39.1. The van der Waals surface area contributed by atoms with Gasteiger partial charge >= 0.3 is 0 Å². The number of amides is 3. The Bertz CT molecular complexity index is 1360. The van der Waals surface area contributed by atoms with E-state index in [2.05, 4.69) is 10.4 Å². The summed E-state index contributed by atoms with van der Waals surface area (Å²) >= 11 is 0. The van der Waals surface area contributed by atoms with Crippen LogP contribution in [0.15, 0.2) is 85.1 Å². The normalized spacial score (nSPS) is 12.7. The SMILES string of the molecule is O=C(Nc1cccc(N2C(=O)c3ccccc3C2=O)c1)c1ccn(-c2cccc(F)c2)n1. The number of halogens is 1. The van der Waals surface area contributed by atoms with Crippen LogP contribution < -0.4 is 10.2 Å². The van der Waals surface area contributed by atoms with Crippen molar-refractivity contribution in [3.8, 4) is 5.69 Å². The van der Waals surface area contributed by atoms with E-state index in [9.17, 15) is 18.8 Å². The first kappa shape index (κ1) is 19.4. The quantitative estimate of drug-likeness (QED) is 0.499. The molecular weight excluding hydrogens is 411 g/mol. The standard InChI is InChI=1S/C24H15FN4O3/c25-15-5-3-7-17(13-15)28-12-11-21(27-28)22(30)26-16-6-4-8-18(14-16)29-23(31)19-9-1-2-10-20(19)24(29)32/h1-14H,(H,26,30). The van der Waals surface area contributed by atoms with Gasteiger partial charge in [-0.05, 0) is 54.6 Å². The number of carbonyl (C=O) groups excluding carboxylic acids is 3.